The third-order valence-corrected chi connectivity index (χ3v) is 7.03. The molecule has 2 aliphatic rings. The number of piperidine rings is 1. The van der Waals surface area contributed by atoms with Gasteiger partial charge in [0.15, 0.2) is 0 Å². The first-order valence-corrected chi connectivity index (χ1v) is 11.8. The second-order valence-corrected chi connectivity index (χ2v) is 9.16. The monoisotopic (exact) mass is 423 g/mol. The third-order valence-electron chi connectivity index (χ3n) is 6.01. The lowest BCUT2D eigenvalue weighted by Gasteiger charge is -2.33. The molecule has 0 saturated carbocycles. The fourth-order valence-corrected chi connectivity index (χ4v) is 5.31. The highest BCUT2D eigenvalue weighted by Gasteiger charge is 2.35. The maximum atomic E-state index is 12.9. The molecule has 2 aliphatic heterocycles. The number of benzene rings is 2. The Bertz CT molecular complexity index is 872. The van der Waals surface area contributed by atoms with Gasteiger partial charge in [0, 0.05) is 29.6 Å². The molecule has 6 heteroatoms. The molecule has 2 amide bonds. The molecule has 2 atom stereocenters. The highest BCUT2D eigenvalue weighted by Crippen LogP contribution is 2.25. The standard InChI is InChI=1S/C24H29N3O2S/c1-18-7-5-6-14-26(18)15-19-10-12-21(13-11-19)25-23(28)22-16-30-17-27(22)24(29)20-8-3-2-4-9-20/h2-4,8-13,18,22H,5-7,14-17H2,1H3,(H,25,28)/t18?,22-/m0/s1. The van der Waals surface area contributed by atoms with Crippen LogP contribution in [0, 0.1) is 0 Å². The fourth-order valence-electron chi connectivity index (χ4n) is 4.15. The van der Waals surface area contributed by atoms with E-state index in [9.17, 15) is 9.59 Å². The number of anilines is 1. The number of rotatable bonds is 5. The van der Waals surface area contributed by atoms with Crippen molar-refractivity contribution in [3.63, 3.8) is 0 Å². The van der Waals surface area contributed by atoms with Crippen LogP contribution in [0.5, 0.6) is 0 Å². The SMILES string of the molecule is CC1CCCCN1Cc1ccc(NC(=O)[C@@H]2CSCN2C(=O)c2ccccc2)cc1. The van der Waals surface area contributed by atoms with Gasteiger partial charge < -0.3 is 10.2 Å². The summed E-state index contributed by atoms with van der Waals surface area (Å²) in [4.78, 5) is 29.9. The highest BCUT2D eigenvalue weighted by molar-refractivity contribution is 7.99. The van der Waals surface area contributed by atoms with E-state index in [2.05, 4.69) is 29.3 Å². The van der Waals surface area contributed by atoms with E-state index in [1.54, 1.807) is 28.8 Å². The Morgan fingerprint density at radius 3 is 2.57 bits per heavy atom. The van der Waals surface area contributed by atoms with Gasteiger partial charge in [-0.1, -0.05) is 36.8 Å². The lowest BCUT2D eigenvalue weighted by Crippen LogP contribution is -2.44. The van der Waals surface area contributed by atoms with E-state index in [-0.39, 0.29) is 11.8 Å². The van der Waals surface area contributed by atoms with E-state index in [1.165, 1.54) is 24.8 Å². The fraction of sp³-hybridized carbons (Fsp3) is 0.417. The minimum atomic E-state index is -0.448. The van der Waals surface area contributed by atoms with E-state index in [4.69, 9.17) is 0 Å². The maximum absolute atomic E-state index is 12.9. The summed E-state index contributed by atoms with van der Waals surface area (Å²) in [5, 5.41) is 3.00. The molecule has 158 valence electrons. The number of thioether (sulfide) groups is 1. The van der Waals surface area contributed by atoms with Gasteiger partial charge in [0.1, 0.15) is 6.04 Å². The van der Waals surface area contributed by atoms with E-state index >= 15 is 0 Å². The van der Waals surface area contributed by atoms with Crippen LogP contribution in [0.4, 0.5) is 5.69 Å². The first-order chi connectivity index (χ1) is 14.6. The van der Waals surface area contributed by atoms with E-state index in [1.807, 2.05) is 30.3 Å². The number of amides is 2. The number of nitrogens with zero attached hydrogens (tertiary/aromatic N) is 2. The Hall–Kier alpha value is -2.31. The minimum Gasteiger partial charge on any atom is -0.324 e. The molecule has 2 fully saturated rings. The molecule has 5 nitrogen and oxygen atoms in total. The summed E-state index contributed by atoms with van der Waals surface area (Å²) < 4.78 is 0. The van der Waals surface area contributed by atoms with Crippen LogP contribution >= 0.6 is 11.8 Å². The van der Waals surface area contributed by atoms with Crippen LogP contribution in [-0.4, -0.2) is 51.9 Å². The van der Waals surface area contributed by atoms with Crippen molar-refractivity contribution < 1.29 is 9.59 Å². The van der Waals surface area contributed by atoms with E-state index < -0.39 is 6.04 Å². The van der Waals surface area contributed by atoms with Crippen LogP contribution in [0.1, 0.15) is 42.1 Å². The van der Waals surface area contributed by atoms with Crippen molar-refractivity contribution in [1.82, 2.24) is 9.80 Å². The number of carbonyl (C=O) groups excluding carboxylic acids is 2. The first-order valence-electron chi connectivity index (χ1n) is 10.7. The predicted octanol–water partition coefficient (Wildman–Crippen LogP) is 4.21. The van der Waals surface area contributed by atoms with Crippen molar-refractivity contribution in [1.29, 1.82) is 0 Å². The Balaban J connectivity index is 1.36. The largest absolute Gasteiger partial charge is 0.324 e. The second kappa shape index (κ2) is 9.67. The van der Waals surface area contributed by atoms with Gasteiger partial charge in [-0.2, -0.15) is 0 Å². The molecule has 1 unspecified atom stereocenters. The molecule has 0 bridgehead atoms. The van der Waals surface area contributed by atoms with Crippen LogP contribution in [0.2, 0.25) is 0 Å². The molecular formula is C24H29N3O2S. The normalized spacial score (nSPS) is 22.1. The smallest absolute Gasteiger partial charge is 0.255 e. The summed E-state index contributed by atoms with van der Waals surface area (Å²) in [5.74, 6) is 0.946. The predicted molar refractivity (Wildman–Crippen MR) is 123 cm³/mol. The Morgan fingerprint density at radius 2 is 1.83 bits per heavy atom. The zero-order valence-corrected chi connectivity index (χ0v) is 18.2. The molecule has 4 rings (SSSR count). The lowest BCUT2D eigenvalue weighted by atomic mass is 10.0. The average Bonchev–Trinajstić information content (AvgIpc) is 3.27. The number of hydrogen-bond acceptors (Lipinski definition) is 4. The minimum absolute atomic E-state index is 0.0910. The van der Waals surface area contributed by atoms with Gasteiger partial charge in [-0.25, -0.2) is 0 Å². The topological polar surface area (TPSA) is 52.7 Å². The van der Waals surface area contributed by atoms with Crippen molar-refractivity contribution in [2.24, 2.45) is 0 Å². The van der Waals surface area contributed by atoms with Gasteiger partial charge in [-0.15, -0.1) is 11.8 Å². The second-order valence-electron chi connectivity index (χ2n) is 8.16. The summed E-state index contributed by atoms with van der Waals surface area (Å²) >= 11 is 1.61. The van der Waals surface area contributed by atoms with Crippen molar-refractivity contribution in [2.45, 2.75) is 44.8 Å². The molecule has 0 radical (unpaired) electrons. The van der Waals surface area contributed by atoms with Crippen LogP contribution < -0.4 is 5.32 Å². The molecular weight excluding hydrogens is 394 g/mol. The Kier molecular flexibility index (Phi) is 6.75. The van der Waals surface area contributed by atoms with Crippen molar-refractivity contribution in [3.8, 4) is 0 Å². The molecule has 2 aromatic carbocycles. The van der Waals surface area contributed by atoms with Gasteiger partial charge in [0.25, 0.3) is 5.91 Å². The lowest BCUT2D eigenvalue weighted by molar-refractivity contribution is -0.119. The van der Waals surface area contributed by atoms with Crippen molar-refractivity contribution >= 4 is 29.3 Å². The highest BCUT2D eigenvalue weighted by atomic mass is 32.2. The molecule has 30 heavy (non-hydrogen) atoms. The summed E-state index contributed by atoms with van der Waals surface area (Å²) in [5.41, 5.74) is 2.66. The first kappa shape index (κ1) is 20.9. The number of hydrogen-bond donors (Lipinski definition) is 1. The van der Waals surface area contributed by atoms with Gasteiger partial charge in [0.05, 0.1) is 5.88 Å². The van der Waals surface area contributed by atoms with Gasteiger partial charge in [0.2, 0.25) is 5.91 Å². The number of likely N-dealkylation sites (tertiary alicyclic amines) is 1. The molecule has 2 saturated heterocycles. The summed E-state index contributed by atoms with van der Waals surface area (Å²) in [6.07, 6.45) is 3.87. The van der Waals surface area contributed by atoms with Gasteiger partial charge in [-0.05, 0) is 56.1 Å². The molecule has 2 aromatic rings. The molecule has 0 spiro atoms. The van der Waals surface area contributed by atoms with Crippen LogP contribution in [0.3, 0.4) is 0 Å². The summed E-state index contributed by atoms with van der Waals surface area (Å²) in [6.45, 7) is 4.41. The average molecular weight is 424 g/mol. The van der Waals surface area contributed by atoms with Crippen molar-refractivity contribution in [2.75, 3.05) is 23.5 Å². The Morgan fingerprint density at radius 1 is 1.07 bits per heavy atom. The van der Waals surface area contributed by atoms with E-state index in [0.717, 1.165) is 18.8 Å². The maximum Gasteiger partial charge on any atom is 0.255 e. The molecule has 0 aliphatic carbocycles. The van der Waals surface area contributed by atoms with Crippen LogP contribution in [-0.2, 0) is 11.3 Å². The summed E-state index contributed by atoms with van der Waals surface area (Å²) in [7, 11) is 0. The molecule has 1 N–H and O–H groups in total. The van der Waals surface area contributed by atoms with Gasteiger partial charge >= 0.3 is 0 Å². The Labute approximate surface area is 182 Å². The van der Waals surface area contributed by atoms with Crippen molar-refractivity contribution in [3.05, 3.63) is 65.7 Å². The zero-order valence-electron chi connectivity index (χ0n) is 17.4. The van der Waals surface area contributed by atoms with E-state index in [0.29, 0.717) is 23.2 Å². The van der Waals surface area contributed by atoms with Gasteiger partial charge in [-0.3, -0.25) is 14.5 Å². The summed E-state index contributed by atoms with van der Waals surface area (Å²) in [6, 6.07) is 17.5. The number of carbonyl (C=O) groups is 2. The third kappa shape index (κ3) is 4.87. The molecule has 0 aromatic heterocycles. The van der Waals surface area contributed by atoms with Crippen LogP contribution in [0.25, 0.3) is 0 Å². The van der Waals surface area contributed by atoms with Crippen LogP contribution in [0.15, 0.2) is 54.6 Å². The molecule has 2 heterocycles. The number of nitrogens with one attached hydrogen (secondary N) is 1. The quantitative estimate of drug-likeness (QED) is 0.783. The zero-order chi connectivity index (χ0) is 20.9.